The van der Waals surface area contributed by atoms with E-state index in [1.807, 2.05) is 37.4 Å². The van der Waals surface area contributed by atoms with Gasteiger partial charge in [-0.25, -0.2) is 0 Å². The van der Waals surface area contributed by atoms with E-state index in [0.717, 1.165) is 54.3 Å². The second kappa shape index (κ2) is 9.49. The molecule has 2 fully saturated rings. The largest absolute Gasteiger partial charge is 0.573 e. The zero-order chi connectivity index (χ0) is 26.4. The highest BCUT2D eigenvalue weighted by Gasteiger charge is 2.43. The number of halogens is 3. The number of nitrogens with zero attached hydrogens (tertiary/aromatic N) is 2. The number of aromatic amines is 1. The van der Waals surface area contributed by atoms with Crippen molar-refractivity contribution in [3.05, 3.63) is 83.6 Å². The molecule has 2 saturated heterocycles. The van der Waals surface area contributed by atoms with Crippen LogP contribution in [0.5, 0.6) is 5.75 Å². The Morgan fingerprint density at radius 3 is 2.45 bits per heavy atom. The lowest BCUT2D eigenvalue weighted by molar-refractivity contribution is -0.274. The Morgan fingerprint density at radius 1 is 1.03 bits per heavy atom. The van der Waals surface area contributed by atoms with E-state index in [9.17, 15) is 18.0 Å². The summed E-state index contributed by atoms with van der Waals surface area (Å²) in [6.07, 6.45) is 2.14. The van der Waals surface area contributed by atoms with Gasteiger partial charge < -0.3 is 9.64 Å². The van der Waals surface area contributed by atoms with E-state index in [1.165, 1.54) is 23.1 Å². The summed E-state index contributed by atoms with van der Waals surface area (Å²) < 4.78 is 41.6. The lowest BCUT2D eigenvalue weighted by Crippen LogP contribution is -2.47. The molecule has 1 aromatic heterocycles. The van der Waals surface area contributed by atoms with Crippen molar-refractivity contribution in [1.29, 1.82) is 0 Å². The van der Waals surface area contributed by atoms with Crippen LogP contribution >= 0.6 is 0 Å². The molecule has 6 rings (SSSR count). The number of rotatable bonds is 5. The molecule has 4 aromatic rings. The quantitative estimate of drug-likeness (QED) is 0.307. The van der Waals surface area contributed by atoms with Gasteiger partial charge in [-0.3, -0.25) is 9.89 Å². The average Bonchev–Trinajstić information content (AvgIpc) is 3.46. The van der Waals surface area contributed by atoms with Crippen LogP contribution in [0.4, 0.5) is 13.2 Å². The fraction of sp³-hybridized carbons (Fsp3) is 0.333. The molecule has 5 nitrogen and oxygen atoms in total. The molecular weight excluding hydrogens is 491 g/mol. The SMILES string of the molecule is Cc1c(C(=O)N2[C@H]3CC[C@H]2CC(Cc2cccc4[nH]ncc24)C3)cccc1-c1ccc(OC(F)(F)F)cc1. The fourth-order valence-electron chi connectivity index (χ4n) is 6.46. The highest BCUT2D eigenvalue weighted by atomic mass is 19.4. The first kappa shape index (κ1) is 24.5. The van der Waals surface area contributed by atoms with E-state index in [1.54, 1.807) is 12.1 Å². The molecule has 0 radical (unpaired) electrons. The predicted molar refractivity (Wildman–Crippen MR) is 139 cm³/mol. The van der Waals surface area contributed by atoms with Crippen molar-refractivity contribution in [2.45, 2.75) is 57.5 Å². The van der Waals surface area contributed by atoms with Crippen LogP contribution in [0.25, 0.3) is 22.0 Å². The Labute approximate surface area is 218 Å². The number of carbonyl (C=O) groups excluding carboxylic acids is 1. The average molecular weight is 520 g/mol. The standard InChI is InChI=1S/C30H28F3N3O2/c1-18-25(20-8-12-24(13-9-20)38-30(31,32)33)5-3-6-26(18)29(37)36-22-10-11-23(36)16-19(15-22)14-21-4-2-7-28-27(21)17-34-35-28/h2-9,12-13,17,19,22-23H,10-11,14-16H2,1H3,(H,34,35)/t22-,23-/m0/s1. The minimum Gasteiger partial charge on any atom is -0.406 e. The third kappa shape index (κ3) is 4.64. The van der Waals surface area contributed by atoms with Crippen LogP contribution in [-0.4, -0.2) is 39.5 Å². The molecule has 1 amide bonds. The number of hydrogen-bond donors (Lipinski definition) is 1. The minimum absolute atomic E-state index is 0.0456. The van der Waals surface area contributed by atoms with Crippen molar-refractivity contribution in [2.24, 2.45) is 5.92 Å². The zero-order valence-corrected chi connectivity index (χ0v) is 21.0. The number of benzene rings is 3. The van der Waals surface area contributed by atoms with Crippen molar-refractivity contribution in [2.75, 3.05) is 0 Å². The maximum atomic E-state index is 13.8. The molecule has 38 heavy (non-hydrogen) atoms. The number of nitrogens with one attached hydrogen (secondary N) is 1. The maximum absolute atomic E-state index is 13.8. The number of carbonyl (C=O) groups is 1. The smallest absolute Gasteiger partial charge is 0.406 e. The highest BCUT2D eigenvalue weighted by molar-refractivity contribution is 5.98. The predicted octanol–water partition coefficient (Wildman–Crippen LogP) is 7.06. The Hall–Kier alpha value is -3.81. The molecule has 3 heterocycles. The summed E-state index contributed by atoms with van der Waals surface area (Å²) in [6, 6.07) is 18.1. The first-order valence-corrected chi connectivity index (χ1v) is 13.0. The molecule has 2 bridgehead atoms. The molecule has 0 aliphatic carbocycles. The lowest BCUT2D eigenvalue weighted by Gasteiger charge is -2.39. The Balaban J connectivity index is 1.19. The first-order valence-electron chi connectivity index (χ1n) is 13.0. The number of alkyl halides is 3. The summed E-state index contributed by atoms with van der Waals surface area (Å²) in [4.78, 5) is 15.9. The van der Waals surface area contributed by atoms with E-state index in [2.05, 4.69) is 32.0 Å². The number of H-pyrrole nitrogens is 1. The van der Waals surface area contributed by atoms with Crippen LogP contribution in [-0.2, 0) is 6.42 Å². The van der Waals surface area contributed by atoms with Crippen molar-refractivity contribution in [1.82, 2.24) is 15.1 Å². The van der Waals surface area contributed by atoms with Gasteiger partial charge in [0, 0.05) is 23.0 Å². The summed E-state index contributed by atoms with van der Waals surface area (Å²) in [7, 11) is 0. The summed E-state index contributed by atoms with van der Waals surface area (Å²) in [5.74, 6) is 0.292. The van der Waals surface area contributed by atoms with Crippen molar-refractivity contribution >= 4 is 16.8 Å². The van der Waals surface area contributed by atoms with Gasteiger partial charge in [-0.2, -0.15) is 5.10 Å². The van der Waals surface area contributed by atoms with Gasteiger partial charge in [0.05, 0.1) is 11.7 Å². The van der Waals surface area contributed by atoms with Crippen LogP contribution in [0.1, 0.15) is 47.2 Å². The second-order valence-electron chi connectivity index (χ2n) is 10.4. The van der Waals surface area contributed by atoms with Gasteiger partial charge >= 0.3 is 6.36 Å². The second-order valence-corrected chi connectivity index (χ2v) is 10.4. The fourth-order valence-corrected chi connectivity index (χ4v) is 6.46. The molecule has 2 aliphatic heterocycles. The normalized spacial score (nSPS) is 21.2. The number of fused-ring (bicyclic) bond motifs is 3. The maximum Gasteiger partial charge on any atom is 0.573 e. The number of aromatic nitrogens is 2. The topological polar surface area (TPSA) is 58.2 Å². The summed E-state index contributed by atoms with van der Waals surface area (Å²) in [5, 5.41) is 8.41. The van der Waals surface area contributed by atoms with Crippen molar-refractivity contribution in [3.8, 4) is 16.9 Å². The molecule has 2 atom stereocenters. The molecule has 0 unspecified atom stereocenters. The van der Waals surface area contributed by atoms with Crippen LogP contribution in [0.15, 0.2) is 66.9 Å². The number of amides is 1. The van der Waals surface area contributed by atoms with Gasteiger partial charge in [0.1, 0.15) is 5.75 Å². The van der Waals surface area contributed by atoms with Crippen LogP contribution < -0.4 is 4.74 Å². The van der Waals surface area contributed by atoms with Gasteiger partial charge in [0.25, 0.3) is 5.91 Å². The van der Waals surface area contributed by atoms with E-state index in [4.69, 9.17) is 0 Å². The molecule has 2 aliphatic rings. The van der Waals surface area contributed by atoms with E-state index in [0.29, 0.717) is 11.5 Å². The van der Waals surface area contributed by atoms with E-state index < -0.39 is 6.36 Å². The number of ether oxygens (including phenoxy) is 1. The molecule has 0 spiro atoms. The summed E-state index contributed by atoms with van der Waals surface area (Å²) >= 11 is 0. The highest BCUT2D eigenvalue weighted by Crippen LogP contribution is 2.42. The molecule has 196 valence electrons. The number of hydrogen-bond acceptors (Lipinski definition) is 3. The Kier molecular flexibility index (Phi) is 6.13. The molecule has 1 N–H and O–H groups in total. The summed E-state index contributed by atoms with van der Waals surface area (Å²) in [6.45, 7) is 1.91. The van der Waals surface area contributed by atoms with Gasteiger partial charge in [-0.05, 0) is 91.5 Å². The molecular formula is C30H28F3N3O2. The monoisotopic (exact) mass is 519 g/mol. The minimum atomic E-state index is -4.73. The third-order valence-corrected chi connectivity index (χ3v) is 8.11. The van der Waals surface area contributed by atoms with Gasteiger partial charge in [0.2, 0.25) is 0 Å². The van der Waals surface area contributed by atoms with E-state index in [-0.39, 0.29) is 23.7 Å². The van der Waals surface area contributed by atoms with Gasteiger partial charge in [-0.15, -0.1) is 13.2 Å². The number of piperidine rings is 1. The van der Waals surface area contributed by atoms with Crippen molar-refractivity contribution in [3.63, 3.8) is 0 Å². The summed E-state index contributed by atoms with van der Waals surface area (Å²) in [5.41, 5.74) is 5.39. The lowest BCUT2D eigenvalue weighted by atomic mass is 9.84. The van der Waals surface area contributed by atoms with Crippen LogP contribution in [0.3, 0.4) is 0 Å². The molecule has 0 saturated carbocycles. The molecule has 8 heteroatoms. The Morgan fingerprint density at radius 2 is 1.74 bits per heavy atom. The van der Waals surface area contributed by atoms with Crippen LogP contribution in [0.2, 0.25) is 0 Å². The third-order valence-electron chi connectivity index (χ3n) is 8.11. The Bertz CT molecular complexity index is 1460. The first-order chi connectivity index (χ1) is 18.3. The van der Waals surface area contributed by atoms with E-state index >= 15 is 0 Å². The zero-order valence-electron chi connectivity index (χ0n) is 21.0. The van der Waals surface area contributed by atoms with Crippen LogP contribution in [0, 0.1) is 12.8 Å². The van der Waals surface area contributed by atoms with Gasteiger partial charge in [0.15, 0.2) is 0 Å². The van der Waals surface area contributed by atoms with Gasteiger partial charge in [-0.1, -0.05) is 36.4 Å². The van der Waals surface area contributed by atoms with Crippen molar-refractivity contribution < 1.29 is 22.7 Å². The molecule has 3 aromatic carbocycles.